The van der Waals surface area contributed by atoms with E-state index in [1.807, 2.05) is 0 Å². The molecule has 2 N–H and O–H groups in total. The smallest absolute Gasteiger partial charge is 0.423 e. The minimum atomic E-state index is -1.64. The first kappa shape index (κ1) is 15.2. The Labute approximate surface area is 108 Å². The average Bonchev–Trinajstić information content (AvgIpc) is 2.31. The van der Waals surface area contributed by atoms with Crippen LogP contribution in [-0.2, 0) is 11.3 Å². The zero-order valence-electron chi connectivity index (χ0n) is 10.9. The summed E-state index contributed by atoms with van der Waals surface area (Å²) in [6.07, 6.45) is 2.21. The molecule has 1 aromatic rings. The maximum absolute atomic E-state index is 13.6. The van der Waals surface area contributed by atoms with E-state index < -0.39 is 12.9 Å². The number of hydrogen-bond acceptors (Lipinski definition) is 3. The number of hydrogen-bond donors (Lipinski definition) is 2. The molecule has 0 saturated heterocycles. The maximum Gasteiger partial charge on any atom is 0.488 e. The summed E-state index contributed by atoms with van der Waals surface area (Å²) in [6.45, 7) is 5.04. The molecule has 1 rings (SSSR count). The van der Waals surface area contributed by atoms with Crippen LogP contribution in [0.2, 0.25) is 0 Å². The fraction of sp³-hybridized carbons (Fsp3) is 0.538. The molecule has 0 saturated carbocycles. The highest BCUT2D eigenvalue weighted by Gasteiger charge is 2.13. The second-order valence-electron chi connectivity index (χ2n) is 4.63. The van der Waals surface area contributed by atoms with Gasteiger partial charge in [-0.2, -0.15) is 0 Å². The van der Waals surface area contributed by atoms with Gasteiger partial charge in [-0.05, 0) is 23.9 Å². The van der Waals surface area contributed by atoms with Crippen LogP contribution in [0.3, 0.4) is 0 Å². The molecule has 0 aliphatic carbocycles. The molecule has 0 aromatic heterocycles. The number of ether oxygens (including phenoxy) is 1. The van der Waals surface area contributed by atoms with Gasteiger partial charge in [0.05, 0.1) is 6.61 Å². The van der Waals surface area contributed by atoms with E-state index in [4.69, 9.17) is 14.8 Å². The molecule has 18 heavy (non-hydrogen) atoms. The van der Waals surface area contributed by atoms with Crippen LogP contribution >= 0.6 is 0 Å². The summed E-state index contributed by atoms with van der Waals surface area (Å²) in [6, 6.07) is 4.13. The predicted molar refractivity (Wildman–Crippen MR) is 70.0 cm³/mol. The molecule has 0 amide bonds. The molecule has 0 aliphatic heterocycles. The van der Waals surface area contributed by atoms with Crippen LogP contribution in [0.5, 0.6) is 0 Å². The minimum Gasteiger partial charge on any atom is -0.423 e. The molecule has 0 radical (unpaired) electrons. The quantitative estimate of drug-likeness (QED) is 0.724. The summed E-state index contributed by atoms with van der Waals surface area (Å²) >= 11 is 0. The molecule has 1 atom stereocenters. The molecule has 100 valence electrons. The van der Waals surface area contributed by atoms with Gasteiger partial charge in [0.25, 0.3) is 0 Å². The number of halogens is 1. The van der Waals surface area contributed by atoms with Gasteiger partial charge in [-0.15, -0.1) is 0 Å². The van der Waals surface area contributed by atoms with Crippen molar-refractivity contribution in [2.24, 2.45) is 5.92 Å². The molecule has 3 nitrogen and oxygen atoms in total. The van der Waals surface area contributed by atoms with Crippen LogP contribution in [0.15, 0.2) is 18.2 Å². The Balaban J connectivity index is 2.48. The van der Waals surface area contributed by atoms with Crippen LogP contribution < -0.4 is 5.46 Å². The van der Waals surface area contributed by atoms with Gasteiger partial charge < -0.3 is 14.8 Å². The van der Waals surface area contributed by atoms with Crippen LogP contribution in [0.25, 0.3) is 0 Å². The lowest BCUT2D eigenvalue weighted by molar-refractivity contribution is 0.0874. The molecule has 5 heteroatoms. The van der Waals surface area contributed by atoms with E-state index in [2.05, 4.69) is 13.8 Å². The molecule has 0 fully saturated rings. The highest BCUT2D eigenvalue weighted by molar-refractivity contribution is 6.58. The van der Waals surface area contributed by atoms with Gasteiger partial charge in [0.2, 0.25) is 0 Å². The van der Waals surface area contributed by atoms with Gasteiger partial charge >= 0.3 is 7.12 Å². The Morgan fingerprint density at radius 2 is 2.11 bits per heavy atom. The maximum atomic E-state index is 13.6. The lowest BCUT2D eigenvalue weighted by Crippen LogP contribution is -2.30. The molecular formula is C13H20BFO3. The topological polar surface area (TPSA) is 49.7 Å². The summed E-state index contributed by atoms with van der Waals surface area (Å²) in [5.41, 5.74) is 0.582. The van der Waals surface area contributed by atoms with Crippen molar-refractivity contribution in [3.05, 3.63) is 29.6 Å². The van der Waals surface area contributed by atoms with E-state index >= 15 is 0 Å². The van der Waals surface area contributed by atoms with Crippen molar-refractivity contribution in [2.45, 2.75) is 33.3 Å². The third kappa shape index (κ3) is 4.76. The molecule has 1 aromatic carbocycles. The molecular weight excluding hydrogens is 234 g/mol. The van der Waals surface area contributed by atoms with E-state index in [1.165, 1.54) is 12.1 Å². The van der Waals surface area contributed by atoms with Gasteiger partial charge in [-0.3, -0.25) is 0 Å². The van der Waals surface area contributed by atoms with Gasteiger partial charge in [-0.25, -0.2) is 4.39 Å². The number of rotatable bonds is 7. The molecule has 0 bridgehead atoms. The normalized spacial score (nSPS) is 12.5. The second kappa shape index (κ2) is 7.51. The standard InChI is InChI=1S/C13H20BFO3/c1-3-4-10(2)8-18-9-11-5-6-12(14(16)17)7-13(11)15/h5-7,10,16-17H,3-4,8-9H2,1-2H3. The highest BCUT2D eigenvalue weighted by atomic mass is 19.1. The largest absolute Gasteiger partial charge is 0.488 e. The summed E-state index contributed by atoms with van der Waals surface area (Å²) in [5, 5.41) is 17.8. The Kier molecular flexibility index (Phi) is 6.32. The van der Waals surface area contributed by atoms with Crippen molar-refractivity contribution < 1.29 is 19.2 Å². The minimum absolute atomic E-state index is 0.149. The molecule has 1 unspecified atom stereocenters. The van der Waals surface area contributed by atoms with Crippen LogP contribution in [-0.4, -0.2) is 23.8 Å². The van der Waals surface area contributed by atoms with E-state index in [9.17, 15) is 4.39 Å². The fourth-order valence-corrected chi connectivity index (χ4v) is 1.79. The Bertz CT molecular complexity index is 371. The van der Waals surface area contributed by atoms with Gasteiger partial charge in [0.1, 0.15) is 5.82 Å². The summed E-state index contributed by atoms with van der Waals surface area (Å²) in [7, 11) is -1.64. The first-order valence-corrected chi connectivity index (χ1v) is 6.26. The fourth-order valence-electron chi connectivity index (χ4n) is 1.79. The van der Waals surface area contributed by atoms with Gasteiger partial charge in [0.15, 0.2) is 0 Å². The van der Waals surface area contributed by atoms with Crippen molar-refractivity contribution in [2.75, 3.05) is 6.61 Å². The van der Waals surface area contributed by atoms with Crippen molar-refractivity contribution in [1.82, 2.24) is 0 Å². The van der Waals surface area contributed by atoms with E-state index in [0.29, 0.717) is 18.1 Å². The Hall–Kier alpha value is -0.905. The lowest BCUT2D eigenvalue weighted by atomic mass is 9.80. The van der Waals surface area contributed by atoms with Gasteiger partial charge in [-0.1, -0.05) is 32.4 Å². The van der Waals surface area contributed by atoms with Gasteiger partial charge in [0, 0.05) is 12.2 Å². The Morgan fingerprint density at radius 1 is 1.39 bits per heavy atom. The summed E-state index contributed by atoms with van der Waals surface area (Å²) in [5.74, 6) is 0.000318. The van der Waals surface area contributed by atoms with Crippen molar-refractivity contribution in [3.8, 4) is 0 Å². The van der Waals surface area contributed by atoms with Crippen LogP contribution in [0.4, 0.5) is 4.39 Å². The third-order valence-electron chi connectivity index (χ3n) is 2.82. The van der Waals surface area contributed by atoms with Crippen LogP contribution in [0.1, 0.15) is 32.3 Å². The lowest BCUT2D eigenvalue weighted by Gasteiger charge is -2.11. The summed E-state index contributed by atoms with van der Waals surface area (Å²) in [4.78, 5) is 0. The zero-order valence-corrected chi connectivity index (χ0v) is 10.9. The van der Waals surface area contributed by atoms with E-state index in [-0.39, 0.29) is 12.1 Å². The zero-order chi connectivity index (χ0) is 13.5. The average molecular weight is 254 g/mol. The first-order valence-electron chi connectivity index (χ1n) is 6.26. The third-order valence-corrected chi connectivity index (χ3v) is 2.82. The van der Waals surface area contributed by atoms with Crippen molar-refractivity contribution in [1.29, 1.82) is 0 Å². The van der Waals surface area contributed by atoms with E-state index in [1.54, 1.807) is 0 Å². The first-order chi connectivity index (χ1) is 8.54. The highest BCUT2D eigenvalue weighted by Crippen LogP contribution is 2.10. The second-order valence-corrected chi connectivity index (χ2v) is 4.63. The van der Waals surface area contributed by atoms with Crippen molar-refractivity contribution in [3.63, 3.8) is 0 Å². The van der Waals surface area contributed by atoms with E-state index in [0.717, 1.165) is 18.9 Å². The Morgan fingerprint density at radius 3 is 2.67 bits per heavy atom. The molecule has 0 aliphatic rings. The van der Waals surface area contributed by atoms with Crippen LogP contribution in [0, 0.1) is 11.7 Å². The number of benzene rings is 1. The monoisotopic (exact) mass is 254 g/mol. The SMILES string of the molecule is CCCC(C)COCc1ccc(B(O)O)cc1F. The predicted octanol–water partition coefficient (Wildman–Crippen LogP) is 1.46. The summed E-state index contributed by atoms with van der Waals surface area (Å²) < 4.78 is 19.0. The van der Waals surface area contributed by atoms with Crippen molar-refractivity contribution >= 4 is 12.6 Å². The molecule has 0 spiro atoms. The molecule has 0 heterocycles.